The molecule has 0 amide bonds. The van der Waals surface area contributed by atoms with Gasteiger partial charge in [-0.25, -0.2) is 0 Å². The average molecular weight is 178 g/mol. The molecular formula is C11H18N2. The van der Waals surface area contributed by atoms with E-state index in [9.17, 15) is 0 Å². The number of hydrogen-bond acceptors (Lipinski definition) is 2. The van der Waals surface area contributed by atoms with Gasteiger partial charge in [0.15, 0.2) is 0 Å². The van der Waals surface area contributed by atoms with Gasteiger partial charge in [-0.1, -0.05) is 19.9 Å². The standard InChI is InChI=1S/C11H18N2/c1-4-7-13-10-6-5-9(10)11(2,3)8-12-13/h4,8-10H,1,5-7H2,2-3H3. The SMILES string of the molecule is C=CCN1N=CC(C)(C)C2CCC21. The zero-order chi connectivity index (χ0) is 9.47. The third-order valence-electron chi connectivity index (χ3n) is 3.43. The van der Waals surface area contributed by atoms with Gasteiger partial charge >= 0.3 is 0 Å². The first kappa shape index (κ1) is 8.79. The van der Waals surface area contributed by atoms with Crippen LogP contribution in [0.3, 0.4) is 0 Å². The van der Waals surface area contributed by atoms with E-state index in [-0.39, 0.29) is 0 Å². The second kappa shape index (κ2) is 2.86. The van der Waals surface area contributed by atoms with Crippen LogP contribution in [0.2, 0.25) is 0 Å². The van der Waals surface area contributed by atoms with E-state index in [0.717, 1.165) is 12.5 Å². The van der Waals surface area contributed by atoms with Crippen molar-refractivity contribution in [1.82, 2.24) is 5.01 Å². The highest BCUT2D eigenvalue weighted by atomic mass is 15.5. The summed E-state index contributed by atoms with van der Waals surface area (Å²) in [6, 6.07) is 0.679. The van der Waals surface area contributed by atoms with E-state index in [2.05, 4.69) is 36.8 Å². The summed E-state index contributed by atoms with van der Waals surface area (Å²) in [5.74, 6) is 0.810. The maximum Gasteiger partial charge on any atom is 0.0541 e. The summed E-state index contributed by atoms with van der Waals surface area (Å²) in [6.45, 7) is 9.24. The van der Waals surface area contributed by atoms with Crippen LogP contribution in [-0.4, -0.2) is 23.8 Å². The molecule has 0 aromatic rings. The lowest BCUT2D eigenvalue weighted by molar-refractivity contribution is 0.01000. The van der Waals surface area contributed by atoms with Crippen LogP contribution >= 0.6 is 0 Å². The van der Waals surface area contributed by atoms with E-state index in [0.29, 0.717) is 11.5 Å². The molecule has 1 aliphatic heterocycles. The first-order chi connectivity index (χ1) is 6.15. The van der Waals surface area contributed by atoms with Gasteiger partial charge in [-0.15, -0.1) is 6.58 Å². The van der Waals surface area contributed by atoms with E-state index < -0.39 is 0 Å². The van der Waals surface area contributed by atoms with Gasteiger partial charge in [0.1, 0.15) is 0 Å². The second-order valence-electron chi connectivity index (χ2n) is 4.73. The number of rotatable bonds is 2. The normalized spacial score (nSPS) is 35.1. The van der Waals surface area contributed by atoms with Crippen molar-refractivity contribution in [2.75, 3.05) is 6.54 Å². The Morgan fingerprint density at radius 3 is 2.92 bits per heavy atom. The van der Waals surface area contributed by atoms with E-state index in [1.165, 1.54) is 12.8 Å². The van der Waals surface area contributed by atoms with Crippen LogP contribution in [0.5, 0.6) is 0 Å². The molecule has 0 N–H and O–H groups in total. The molecule has 1 saturated carbocycles. The van der Waals surface area contributed by atoms with Gasteiger partial charge in [0.25, 0.3) is 0 Å². The van der Waals surface area contributed by atoms with Gasteiger partial charge in [0, 0.05) is 11.6 Å². The molecule has 0 radical (unpaired) electrons. The number of fused-ring (bicyclic) bond motifs is 1. The van der Waals surface area contributed by atoms with Crippen LogP contribution in [0.1, 0.15) is 26.7 Å². The van der Waals surface area contributed by atoms with Crippen LogP contribution in [0.15, 0.2) is 17.8 Å². The van der Waals surface area contributed by atoms with E-state index in [4.69, 9.17) is 0 Å². The Hall–Kier alpha value is -0.790. The summed E-state index contributed by atoms with van der Waals surface area (Å²) in [4.78, 5) is 0. The Bertz CT molecular complexity index is 242. The van der Waals surface area contributed by atoms with E-state index in [1.54, 1.807) is 0 Å². The molecule has 1 fully saturated rings. The van der Waals surface area contributed by atoms with Crippen LogP contribution < -0.4 is 0 Å². The van der Waals surface area contributed by atoms with Crippen molar-refractivity contribution in [2.45, 2.75) is 32.7 Å². The highest BCUT2D eigenvalue weighted by molar-refractivity contribution is 5.66. The van der Waals surface area contributed by atoms with Crippen LogP contribution in [-0.2, 0) is 0 Å². The highest BCUT2D eigenvalue weighted by Gasteiger charge is 2.46. The van der Waals surface area contributed by atoms with Crippen molar-refractivity contribution in [3.63, 3.8) is 0 Å². The maximum atomic E-state index is 4.49. The molecule has 2 rings (SSSR count). The smallest absolute Gasteiger partial charge is 0.0541 e. The summed E-state index contributed by atoms with van der Waals surface area (Å²) in [5.41, 5.74) is 0.306. The first-order valence-corrected chi connectivity index (χ1v) is 5.08. The van der Waals surface area contributed by atoms with Crippen LogP contribution in [0, 0.1) is 11.3 Å². The molecule has 2 heteroatoms. The summed E-state index contributed by atoms with van der Waals surface area (Å²) in [6.07, 6.45) is 6.71. The minimum absolute atomic E-state index is 0.306. The Morgan fingerprint density at radius 1 is 1.62 bits per heavy atom. The Kier molecular flexibility index (Phi) is 1.94. The number of hydrogen-bond donors (Lipinski definition) is 0. The molecular weight excluding hydrogens is 160 g/mol. The molecule has 1 aliphatic carbocycles. The minimum atomic E-state index is 0.306. The molecule has 1 heterocycles. The van der Waals surface area contributed by atoms with Crippen molar-refractivity contribution >= 4 is 6.21 Å². The molecule has 0 bridgehead atoms. The van der Waals surface area contributed by atoms with Crippen molar-refractivity contribution in [2.24, 2.45) is 16.4 Å². The predicted molar refractivity (Wildman–Crippen MR) is 55.7 cm³/mol. The molecule has 0 spiro atoms. The molecule has 0 aromatic heterocycles. The second-order valence-corrected chi connectivity index (χ2v) is 4.73. The first-order valence-electron chi connectivity index (χ1n) is 5.08. The molecule has 0 aromatic carbocycles. The van der Waals surface area contributed by atoms with E-state index in [1.807, 2.05) is 6.08 Å². The zero-order valence-corrected chi connectivity index (χ0v) is 8.53. The summed E-state index contributed by atoms with van der Waals surface area (Å²) < 4.78 is 0. The van der Waals surface area contributed by atoms with Crippen molar-refractivity contribution in [1.29, 1.82) is 0 Å². The monoisotopic (exact) mass is 178 g/mol. The lowest BCUT2D eigenvalue weighted by atomic mass is 9.63. The Morgan fingerprint density at radius 2 is 2.38 bits per heavy atom. The van der Waals surface area contributed by atoms with Crippen molar-refractivity contribution < 1.29 is 0 Å². The summed E-state index contributed by atoms with van der Waals surface area (Å²) in [5, 5.41) is 6.68. The van der Waals surface area contributed by atoms with Gasteiger partial charge in [-0.3, -0.25) is 5.01 Å². The zero-order valence-electron chi connectivity index (χ0n) is 8.53. The fraction of sp³-hybridized carbons (Fsp3) is 0.727. The highest BCUT2D eigenvalue weighted by Crippen LogP contribution is 2.45. The lowest BCUT2D eigenvalue weighted by Crippen LogP contribution is -2.54. The molecule has 2 atom stereocenters. The van der Waals surface area contributed by atoms with Crippen LogP contribution in [0.25, 0.3) is 0 Å². The fourth-order valence-corrected chi connectivity index (χ4v) is 2.43. The summed E-state index contributed by atoms with van der Waals surface area (Å²) >= 11 is 0. The fourth-order valence-electron chi connectivity index (χ4n) is 2.43. The van der Waals surface area contributed by atoms with Gasteiger partial charge in [-0.05, 0) is 18.8 Å². The van der Waals surface area contributed by atoms with Gasteiger partial charge in [0.05, 0.1) is 12.6 Å². The van der Waals surface area contributed by atoms with Crippen molar-refractivity contribution in [3.05, 3.63) is 12.7 Å². The van der Waals surface area contributed by atoms with Gasteiger partial charge in [0.2, 0.25) is 0 Å². The van der Waals surface area contributed by atoms with E-state index >= 15 is 0 Å². The maximum absolute atomic E-state index is 4.49. The minimum Gasteiger partial charge on any atom is -0.290 e. The molecule has 0 saturated heterocycles. The average Bonchev–Trinajstić information content (AvgIpc) is 1.95. The van der Waals surface area contributed by atoms with Crippen LogP contribution in [0.4, 0.5) is 0 Å². The largest absolute Gasteiger partial charge is 0.290 e. The van der Waals surface area contributed by atoms with Gasteiger partial charge < -0.3 is 0 Å². The third kappa shape index (κ3) is 1.28. The topological polar surface area (TPSA) is 15.6 Å². The molecule has 72 valence electrons. The molecule has 2 nitrogen and oxygen atoms in total. The summed E-state index contributed by atoms with van der Waals surface area (Å²) in [7, 11) is 0. The lowest BCUT2D eigenvalue weighted by Gasteiger charge is -2.52. The number of nitrogens with zero attached hydrogens (tertiary/aromatic N) is 2. The third-order valence-corrected chi connectivity index (χ3v) is 3.43. The molecule has 2 aliphatic rings. The predicted octanol–water partition coefficient (Wildman–Crippen LogP) is 2.28. The molecule has 2 unspecified atom stereocenters. The van der Waals surface area contributed by atoms with Gasteiger partial charge in [-0.2, -0.15) is 5.10 Å². The molecule has 13 heavy (non-hydrogen) atoms. The Balaban J connectivity index is 2.15. The van der Waals surface area contributed by atoms with Crippen molar-refractivity contribution in [3.8, 4) is 0 Å². The quantitative estimate of drug-likeness (QED) is 0.592. The Labute approximate surface area is 80.3 Å². The number of hydrazone groups is 1.